The summed E-state index contributed by atoms with van der Waals surface area (Å²) in [7, 11) is -3.37. The molecule has 0 aromatic heterocycles. The highest BCUT2D eigenvalue weighted by Gasteiger charge is 2.15. The van der Waals surface area contributed by atoms with Crippen LogP contribution in [0.5, 0.6) is 0 Å². The molecule has 0 unspecified atom stereocenters. The van der Waals surface area contributed by atoms with Crippen molar-refractivity contribution in [1.29, 1.82) is 0 Å². The maximum atomic E-state index is 12.2. The maximum absolute atomic E-state index is 12.2. The second-order valence-electron chi connectivity index (χ2n) is 6.47. The van der Waals surface area contributed by atoms with Crippen LogP contribution in [0, 0.1) is 0 Å². The second kappa shape index (κ2) is 15.0. The number of hydrogen-bond acceptors (Lipinski definition) is 4. The molecule has 0 aliphatic carbocycles. The molecule has 0 radical (unpaired) electrons. The molecule has 1 rings (SSSR count). The van der Waals surface area contributed by atoms with E-state index >= 15 is 0 Å². The van der Waals surface area contributed by atoms with Crippen LogP contribution in [0.4, 0.5) is 0 Å². The number of hydrogen-bond donors (Lipinski definition) is 3. The van der Waals surface area contributed by atoms with E-state index in [2.05, 4.69) is 20.3 Å². The Morgan fingerprint density at radius 3 is 2.43 bits per heavy atom. The SMILES string of the molecule is CCNC(=NCc1ccccc1CS(=O)(=O)NC(C)C)NCCCOCC.I. The molecule has 0 saturated heterocycles. The average Bonchev–Trinajstić information content (AvgIpc) is 2.59. The quantitative estimate of drug-likeness (QED) is 0.169. The van der Waals surface area contributed by atoms with Gasteiger partial charge >= 0.3 is 0 Å². The zero-order valence-electron chi connectivity index (χ0n) is 17.3. The van der Waals surface area contributed by atoms with Gasteiger partial charge in [-0.25, -0.2) is 18.1 Å². The first-order chi connectivity index (χ1) is 12.9. The molecule has 1 aromatic carbocycles. The summed E-state index contributed by atoms with van der Waals surface area (Å²) in [4.78, 5) is 4.59. The van der Waals surface area contributed by atoms with Crippen molar-refractivity contribution in [2.24, 2.45) is 4.99 Å². The van der Waals surface area contributed by atoms with Gasteiger partial charge < -0.3 is 15.4 Å². The molecule has 7 nitrogen and oxygen atoms in total. The zero-order valence-corrected chi connectivity index (χ0v) is 20.5. The van der Waals surface area contributed by atoms with Gasteiger partial charge in [0, 0.05) is 32.3 Å². The fourth-order valence-electron chi connectivity index (χ4n) is 2.49. The lowest BCUT2D eigenvalue weighted by Gasteiger charge is -2.13. The average molecular weight is 526 g/mol. The van der Waals surface area contributed by atoms with E-state index < -0.39 is 10.0 Å². The van der Waals surface area contributed by atoms with Gasteiger partial charge in [-0.3, -0.25) is 0 Å². The Morgan fingerprint density at radius 1 is 1.14 bits per heavy atom. The van der Waals surface area contributed by atoms with Gasteiger partial charge in [0.05, 0.1) is 12.3 Å². The molecule has 0 heterocycles. The van der Waals surface area contributed by atoms with Gasteiger partial charge in [-0.05, 0) is 45.2 Å². The third-order valence-corrected chi connectivity index (χ3v) is 5.11. The third kappa shape index (κ3) is 11.8. The molecular formula is C19H35IN4O3S. The first kappa shape index (κ1) is 27.1. The van der Waals surface area contributed by atoms with E-state index in [-0.39, 0.29) is 35.8 Å². The van der Waals surface area contributed by atoms with E-state index in [4.69, 9.17) is 4.74 Å². The number of benzene rings is 1. The van der Waals surface area contributed by atoms with E-state index in [1.807, 2.05) is 52.0 Å². The Morgan fingerprint density at radius 2 is 1.82 bits per heavy atom. The predicted molar refractivity (Wildman–Crippen MR) is 127 cm³/mol. The number of rotatable bonds is 12. The summed E-state index contributed by atoms with van der Waals surface area (Å²) in [5, 5.41) is 6.48. The highest BCUT2D eigenvalue weighted by atomic mass is 127. The van der Waals surface area contributed by atoms with Crippen LogP contribution in [0.1, 0.15) is 45.2 Å². The van der Waals surface area contributed by atoms with Crippen molar-refractivity contribution in [3.8, 4) is 0 Å². The van der Waals surface area contributed by atoms with Crippen molar-refractivity contribution < 1.29 is 13.2 Å². The van der Waals surface area contributed by atoms with E-state index in [1.165, 1.54) is 0 Å². The minimum atomic E-state index is -3.37. The van der Waals surface area contributed by atoms with Crippen LogP contribution < -0.4 is 15.4 Å². The van der Waals surface area contributed by atoms with Crippen molar-refractivity contribution in [2.75, 3.05) is 26.3 Å². The van der Waals surface area contributed by atoms with Crippen LogP contribution in [0.2, 0.25) is 0 Å². The van der Waals surface area contributed by atoms with Crippen molar-refractivity contribution in [3.63, 3.8) is 0 Å². The molecule has 9 heteroatoms. The number of ether oxygens (including phenoxy) is 1. The van der Waals surface area contributed by atoms with E-state index in [0.29, 0.717) is 19.1 Å². The summed E-state index contributed by atoms with van der Waals surface area (Å²) in [6, 6.07) is 7.39. The molecule has 3 N–H and O–H groups in total. The highest BCUT2D eigenvalue weighted by Crippen LogP contribution is 2.13. The first-order valence-electron chi connectivity index (χ1n) is 9.54. The lowest BCUT2D eigenvalue weighted by molar-refractivity contribution is 0.145. The minimum Gasteiger partial charge on any atom is -0.382 e. The number of halogens is 1. The molecule has 0 aliphatic heterocycles. The molecule has 0 saturated carbocycles. The minimum absolute atomic E-state index is 0. The van der Waals surface area contributed by atoms with E-state index in [9.17, 15) is 8.42 Å². The van der Waals surface area contributed by atoms with Crippen LogP contribution in [0.15, 0.2) is 29.3 Å². The molecule has 0 amide bonds. The lowest BCUT2D eigenvalue weighted by Crippen LogP contribution is -2.38. The van der Waals surface area contributed by atoms with Crippen LogP contribution in [0.25, 0.3) is 0 Å². The molecule has 0 bridgehead atoms. The Kier molecular flexibility index (Phi) is 14.5. The molecular weight excluding hydrogens is 491 g/mol. The normalized spacial score (nSPS) is 12.0. The zero-order chi connectivity index (χ0) is 20.1. The Bertz CT molecular complexity index is 682. The van der Waals surface area contributed by atoms with Gasteiger partial charge in [0.1, 0.15) is 0 Å². The largest absolute Gasteiger partial charge is 0.382 e. The summed E-state index contributed by atoms with van der Waals surface area (Å²) in [6.45, 7) is 11.0. The number of nitrogens with zero attached hydrogens (tertiary/aromatic N) is 1. The van der Waals surface area contributed by atoms with Crippen molar-refractivity contribution >= 4 is 40.0 Å². The molecule has 0 atom stereocenters. The van der Waals surface area contributed by atoms with E-state index in [1.54, 1.807) is 0 Å². The number of nitrogens with one attached hydrogen (secondary N) is 3. The van der Waals surface area contributed by atoms with Gasteiger partial charge in [0.15, 0.2) is 5.96 Å². The monoisotopic (exact) mass is 526 g/mol. The number of aliphatic imine (C=N–C) groups is 1. The first-order valence-corrected chi connectivity index (χ1v) is 11.2. The molecule has 0 spiro atoms. The summed E-state index contributed by atoms with van der Waals surface area (Å²) >= 11 is 0. The molecule has 1 aromatic rings. The topological polar surface area (TPSA) is 91.8 Å². The molecule has 0 fully saturated rings. The fourth-order valence-corrected chi connectivity index (χ4v) is 3.98. The third-order valence-electron chi connectivity index (χ3n) is 3.59. The van der Waals surface area contributed by atoms with Crippen molar-refractivity contribution in [1.82, 2.24) is 15.4 Å². The van der Waals surface area contributed by atoms with Crippen LogP contribution in [-0.4, -0.2) is 46.7 Å². The number of sulfonamides is 1. The molecule has 0 aliphatic rings. The smallest absolute Gasteiger partial charge is 0.216 e. The highest BCUT2D eigenvalue weighted by molar-refractivity contribution is 14.0. The Balaban J connectivity index is 0.00000729. The van der Waals surface area contributed by atoms with Gasteiger partial charge in [-0.15, -0.1) is 24.0 Å². The second-order valence-corrected chi connectivity index (χ2v) is 8.23. The van der Waals surface area contributed by atoms with Crippen LogP contribution >= 0.6 is 24.0 Å². The standard InChI is InChI=1S/C19H34N4O3S.HI/c1-5-20-19(21-12-9-13-26-6-2)22-14-17-10-7-8-11-18(17)15-27(24,25)23-16(3)4;/h7-8,10-11,16,23H,5-6,9,12-15H2,1-4H3,(H2,20,21,22);1H. The number of guanidine groups is 1. The van der Waals surface area contributed by atoms with Crippen LogP contribution in [0.3, 0.4) is 0 Å². The summed E-state index contributed by atoms with van der Waals surface area (Å²) < 4.78 is 32.5. The fraction of sp³-hybridized carbons (Fsp3) is 0.632. The maximum Gasteiger partial charge on any atom is 0.216 e. The van der Waals surface area contributed by atoms with Crippen LogP contribution in [-0.2, 0) is 27.1 Å². The summed E-state index contributed by atoms with van der Waals surface area (Å²) in [6.07, 6.45) is 0.897. The molecule has 162 valence electrons. The van der Waals surface area contributed by atoms with Gasteiger partial charge in [0.25, 0.3) is 0 Å². The van der Waals surface area contributed by atoms with Crippen molar-refractivity contribution in [2.45, 2.75) is 52.5 Å². The van der Waals surface area contributed by atoms with E-state index in [0.717, 1.165) is 37.2 Å². The van der Waals surface area contributed by atoms with Crippen molar-refractivity contribution in [3.05, 3.63) is 35.4 Å². The van der Waals surface area contributed by atoms with Gasteiger partial charge in [-0.1, -0.05) is 24.3 Å². The van der Waals surface area contributed by atoms with Gasteiger partial charge in [-0.2, -0.15) is 0 Å². The Hall–Kier alpha value is -0.910. The van der Waals surface area contributed by atoms with Gasteiger partial charge in [0.2, 0.25) is 10.0 Å². The predicted octanol–water partition coefficient (Wildman–Crippen LogP) is 2.61. The molecule has 28 heavy (non-hydrogen) atoms. The lowest BCUT2D eigenvalue weighted by atomic mass is 10.1. The Labute approximate surface area is 187 Å². The summed E-state index contributed by atoms with van der Waals surface area (Å²) in [5.74, 6) is 0.668. The summed E-state index contributed by atoms with van der Waals surface area (Å²) in [5.41, 5.74) is 1.67.